The molecule has 2 aromatic heterocycles. The Morgan fingerprint density at radius 2 is 2.04 bits per heavy atom. The van der Waals surface area contributed by atoms with E-state index in [1.54, 1.807) is 36.7 Å². The van der Waals surface area contributed by atoms with Gasteiger partial charge in [0.2, 0.25) is 0 Å². The monoisotopic (exact) mass is 314 g/mol. The highest BCUT2D eigenvalue weighted by Gasteiger charge is 2.16. The van der Waals surface area contributed by atoms with Crippen molar-refractivity contribution in [2.45, 2.75) is 6.10 Å². The van der Waals surface area contributed by atoms with Gasteiger partial charge in [0.15, 0.2) is 0 Å². The maximum atomic E-state index is 13.0. The molecule has 1 unspecified atom stereocenters. The molecule has 2 heterocycles. The van der Waals surface area contributed by atoms with E-state index in [-0.39, 0.29) is 18.3 Å². The summed E-state index contributed by atoms with van der Waals surface area (Å²) in [4.78, 5) is 15.2. The van der Waals surface area contributed by atoms with Crippen LogP contribution in [0.25, 0.3) is 11.1 Å². The minimum atomic E-state index is -0.915. The molecule has 3 aromatic rings. The molecule has 1 aromatic carbocycles. The van der Waals surface area contributed by atoms with E-state index in [9.17, 15) is 14.3 Å². The molecule has 0 saturated carbocycles. The lowest BCUT2D eigenvalue weighted by molar-refractivity contribution is 0.0902. The molecule has 1 amide bonds. The first-order valence-electron chi connectivity index (χ1n) is 7.07. The number of carbonyl (C=O) groups is 1. The van der Waals surface area contributed by atoms with Gasteiger partial charge in [-0.3, -0.25) is 4.79 Å². The number of rotatable bonds is 5. The van der Waals surface area contributed by atoms with E-state index in [1.165, 1.54) is 18.4 Å². The Bertz CT molecular complexity index is 779. The molecule has 0 saturated heterocycles. The summed E-state index contributed by atoms with van der Waals surface area (Å²) >= 11 is 0. The van der Waals surface area contributed by atoms with Gasteiger partial charge in [0.25, 0.3) is 5.91 Å². The zero-order valence-electron chi connectivity index (χ0n) is 12.1. The number of aliphatic hydroxyl groups is 1. The third kappa shape index (κ3) is 3.32. The number of aromatic amines is 1. The van der Waals surface area contributed by atoms with Gasteiger partial charge in [-0.25, -0.2) is 4.39 Å². The standard InChI is InChI=1S/C17H15FN2O3/c18-12-5-3-11(4-6-12)13-8-19-9-14(13)17(22)20-10-15(21)16-2-1-7-23-16/h1-9,15,19,21H,10H2,(H,20,22). The van der Waals surface area contributed by atoms with Gasteiger partial charge >= 0.3 is 0 Å². The highest BCUT2D eigenvalue weighted by molar-refractivity contribution is 6.00. The summed E-state index contributed by atoms with van der Waals surface area (Å²) in [6.07, 6.45) is 3.78. The fraction of sp³-hybridized carbons (Fsp3) is 0.118. The van der Waals surface area contributed by atoms with E-state index in [2.05, 4.69) is 10.3 Å². The van der Waals surface area contributed by atoms with E-state index in [1.807, 2.05) is 0 Å². The van der Waals surface area contributed by atoms with Gasteiger partial charge in [-0.2, -0.15) is 0 Å². The molecule has 0 aliphatic rings. The van der Waals surface area contributed by atoms with Crippen LogP contribution in [0.1, 0.15) is 22.2 Å². The summed E-state index contributed by atoms with van der Waals surface area (Å²) in [6, 6.07) is 9.19. The van der Waals surface area contributed by atoms with E-state index < -0.39 is 6.10 Å². The third-order valence-corrected chi connectivity index (χ3v) is 3.47. The van der Waals surface area contributed by atoms with Crippen LogP contribution in [0.5, 0.6) is 0 Å². The molecule has 3 rings (SSSR count). The highest BCUT2D eigenvalue weighted by atomic mass is 19.1. The van der Waals surface area contributed by atoms with Crippen molar-refractivity contribution >= 4 is 5.91 Å². The molecular weight excluding hydrogens is 299 g/mol. The Hall–Kier alpha value is -2.86. The predicted molar refractivity (Wildman–Crippen MR) is 82.2 cm³/mol. The molecular formula is C17H15FN2O3. The average molecular weight is 314 g/mol. The molecule has 0 radical (unpaired) electrons. The zero-order valence-corrected chi connectivity index (χ0v) is 12.1. The minimum Gasteiger partial charge on any atom is -0.467 e. The summed E-state index contributed by atoms with van der Waals surface area (Å²) in [5.74, 6) is -0.286. The maximum absolute atomic E-state index is 13.0. The summed E-state index contributed by atoms with van der Waals surface area (Å²) in [5, 5.41) is 12.6. The summed E-state index contributed by atoms with van der Waals surface area (Å²) in [6.45, 7) is 0.0282. The SMILES string of the molecule is O=C(NCC(O)c1ccco1)c1c[nH]cc1-c1ccc(F)cc1. The highest BCUT2D eigenvalue weighted by Crippen LogP contribution is 2.24. The Morgan fingerprint density at radius 1 is 1.26 bits per heavy atom. The number of aliphatic hydroxyl groups excluding tert-OH is 1. The number of halogens is 1. The van der Waals surface area contributed by atoms with Crippen molar-refractivity contribution in [3.63, 3.8) is 0 Å². The molecule has 3 N–H and O–H groups in total. The number of amides is 1. The second-order valence-corrected chi connectivity index (χ2v) is 5.03. The van der Waals surface area contributed by atoms with Crippen molar-refractivity contribution in [1.29, 1.82) is 0 Å². The number of benzene rings is 1. The van der Waals surface area contributed by atoms with Crippen molar-refractivity contribution in [2.24, 2.45) is 0 Å². The summed E-state index contributed by atoms with van der Waals surface area (Å²) < 4.78 is 18.1. The summed E-state index contributed by atoms with van der Waals surface area (Å²) in [5.41, 5.74) is 1.81. The number of hydrogen-bond acceptors (Lipinski definition) is 3. The second kappa shape index (κ2) is 6.50. The molecule has 0 aliphatic carbocycles. The Morgan fingerprint density at radius 3 is 2.74 bits per heavy atom. The molecule has 118 valence electrons. The van der Waals surface area contributed by atoms with Crippen LogP contribution in [0.4, 0.5) is 4.39 Å². The van der Waals surface area contributed by atoms with Crippen LogP contribution in [-0.4, -0.2) is 22.5 Å². The third-order valence-electron chi connectivity index (χ3n) is 3.47. The molecule has 0 spiro atoms. The number of nitrogens with one attached hydrogen (secondary N) is 2. The van der Waals surface area contributed by atoms with Gasteiger partial charge < -0.3 is 19.8 Å². The summed E-state index contributed by atoms with van der Waals surface area (Å²) in [7, 11) is 0. The van der Waals surface area contributed by atoms with Crippen LogP contribution in [-0.2, 0) is 0 Å². The van der Waals surface area contributed by atoms with Crippen LogP contribution in [0, 0.1) is 5.82 Å². The van der Waals surface area contributed by atoms with Gasteiger partial charge in [0.05, 0.1) is 18.4 Å². The van der Waals surface area contributed by atoms with Crippen LogP contribution >= 0.6 is 0 Å². The lowest BCUT2D eigenvalue weighted by Crippen LogP contribution is -2.28. The van der Waals surface area contributed by atoms with E-state index >= 15 is 0 Å². The zero-order chi connectivity index (χ0) is 16.2. The second-order valence-electron chi connectivity index (χ2n) is 5.03. The number of carbonyl (C=O) groups excluding carboxylic acids is 1. The maximum Gasteiger partial charge on any atom is 0.253 e. The number of furan rings is 1. The minimum absolute atomic E-state index is 0.0282. The molecule has 0 fully saturated rings. The topological polar surface area (TPSA) is 78.3 Å². The van der Waals surface area contributed by atoms with Crippen LogP contribution in [0.2, 0.25) is 0 Å². The number of aromatic nitrogens is 1. The van der Waals surface area contributed by atoms with Crippen molar-refractivity contribution in [3.05, 3.63) is 72.2 Å². The average Bonchev–Trinajstić information content (AvgIpc) is 3.24. The molecule has 6 heteroatoms. The Balaban J connectivity index is 1.71. The molecule has 1 atom stereocenters. The van der Waals surface area contributed by atoms with Gasteiger partial charge in [-0.05, 0) is 29.8 Å². The van der Waals surface area contributed by atoms with Crippen molar-refractivity contribution in [3.8, 4) is 11.1 Å². The lowest BCUT2D eigenvalue weighted by atomic mass is 10.0. The molecule has 0 aliphatic heterocycles. The fourth-order valence-corrected chi connectivity index (χ4v) is 2.29. The van der Waals surface area contributed by atoms with E-state index in [0.29, 0.717) is 16.9 Å². The largest absolute Gasteiger partial charge is 0.467 e. The van der Waals surface area contributed by atoms with Crippen molar-refractivity contribution < 1.29 is 18.7 Å². The molecule has 5 nitrogen and oxygen atoms in total. The lowest BCUT2D eigenvalue weighted by Gasteiger charge is -2.10. The fourth-order valence-electron chi connectivity index (χ4n) is 2.29. The van der Waals surface area contributed by atoms with E-state index in [4.69, 9.17) is 4.42 Å². The first kappa shape index (κ1) is 15.1. The first-order chi connectivity index (χ1) is 11.1. The Kier molecular flexibility index (Phi) is 4.25. The predicted octanol–water partition coefficient (Wildman–Crippen LogP) is 2.88. The van der Waals surface area contributed by atoms with Gasteiger partial charge in [-0.15, -0.1) is 0 Å². The van der Waals surface area contributed by atoms with Crippen LogP contribution < -0.4 is 5.32 Å². The van der Waals surface area contributed by atoms with Crippen LogP contribution in [0.3, 0.4) is 0 Å². The van der Waals surface area contributed by atoms with Crippen molar-refractivity contribution in [1.82, 2.24) is 10.3 Å². The first-order valence-corrected chi connectivity index (χ1v) is 7.07. The normalized spacial score (nSPS) is 12.1. The molecule has 0 bridgehead atoms. The van der Waals surface area contributed by atoms with Gasteiger partial charge in [-0.1, -0.05) is 12.1 Å². The van der Waals surface area contributed by atoms with Crippen LogP contribution in [0.15, 0.2) is 59.5 Å². The van der Waals surface area contributed by atoms with Crippen molar-refractivity contribution in [2.75, 3.05) is 6.54 Å². The van der Waals surface area contributed by atoms with E-state index in [0.717, 1.165) is 5.56 Å². The number of hydrogen-bond donors (Lipinski definition) is 3. The quantitative estimate of drug-likeness (QED) is 0.677. The van der Waals surface area contributed by atoms with Gasteiger partial charge in [0.1, 0.15) is 17.7 Å². The number of H-pyrrole nitrogens is 1. The Labute approximate surface area is 131 Å². The smallest absolute Gasteiger partial charge is 0.253 e. The molecule has 23 heavy (non-hydrogen) atoms. The van der Waals surface area contributed by atoms with Gasteiger partial charge in [0, 0.05) is 18.0 Å².